The number of hydrogen-bond donors (Lipinski definition) is 1. The van der Waals surface area contributed by atoms with Crippen molar-refractivity contribution in [3.05, 3.63) is 16.1 Å². The first-order valence-corrected chi connectivity index (χ1v) is 5.54. The quantitative estimate of drug-likeness (QED) is 0.819. The molecule has 1 aliphatic rings. The van der Waals surface area contributed by atoms with Gasteiger partial charge in [0.2, 0.25) is 0 Å². The first-order chi connectivity index (χ1) is 7.20. The van der Waals surface area contributed by atoms with Gasteiger partial charge < -0.3 is 10.0 Å². The number of thiazole rings is 1. The Hall–Kier alpha value is -1.43. The van der Waals surface area contributed by atoms with Crippen LogP contribution in [0.1, 0.15) is 33.0 Å². The van der Waals surface area contributed by atoms with Gasteiger partial charge in [0.1, 0.15) is 4.88 Å². The van der Waals surface area contributed by atoms with Gasteiger partial charge in [0.25, 0.3) is 5.91 Å². The number of carboxylic acid groups (broad SMARTS) is 1. The van der Waals surface area contributed by atoms with Gasteiger partial charge in [-0.15, -0.1) is 11.3 Å². The first-order valence-electron chi connectivity index (χ1n) is 4.66. The Morgan fingerprint density at radius 3 is 2.67 bits per heavy atom. The van der Waals surface area contributed by atoms with Crippen molar-refractivity contribution in [3.8, 4) is 0 Å². The normalized spacial score (nSPS) is 15.6. The van der Waals surface area contributed by atoms with Crippen molar-refractivity contribution in [2.24, 2.45) is 0 Å². The van der Waals surface area contributed by atoms with Gasteiger partial charge in [0, 0.05) is 13.1 Å². The van der Waals surface area contributed by atoms with Crippen molar-refractivity contribution >= 4 is 23.2 Å². The number of carbonyl (C=O) groups is 2. The van der Waals surface area contributed by atoms with Gasteiger partial charge in [-0.1, -0.05) is 0 Å². The number of amides is 1. The van der Waals surface area contributed by atoms with E-state index < -0.39 is 5.97 Å². The molecule has 1 fully saturated rings. The molecule has 1 aromatic rings. The van der Waals surface area contributed by atoms with Crippen LogP contribution in [0.2, 0.25) is 0 Å². The number of hydrogen-bond acceptors (Lipinski definition) is 4. The van der Waals surface area contributed by atoms with E-state index in [0.717, 1.165) is 24.2 Å². The summed E-state index contributed by atoms with van der Waals surface area (Å²) in [5.41, 5.74) is 1.47. The number of nitrogens with zero attached hydrogens (tertiary/aromatic N) is 2. The molecule has 2 heterocycles. The van der Waals surface area contributed by atoms with Crippen LogP contribution >= 0.6 is 11.3 Å². The third kappa shape index (κ3) is 1.85. The Balaban J connectivity index is 2.24. The second kappa shape index (κ2) is 3.98. The Morgan fingerprint density at radius 1 is 1.40 bits per heavy atom. The maximum absolute atomic E-state index is 11.8. The van der Waals surface area contributed by atoms with Crippen LogP contribution in [0, 0.1) is 0 Å². The summed E-state index contributed by atoms with van der Waals surface area (Å²) in [7, 11) is 0. The summed E-state index contributed by atoms with van der Waals surface area (Å²) in [5, 5.41) is 8.85. The number of aromatic carboxylic acids is 1. The fourth-order valence-corrected chi connectivity index (χ4v) is 2.24. The summed E-state index contributed by atoms with van der Waals surface area (Å²) >= 11 is 0.987. The lowest BCUT2D eigenvalue weighted by atomic mass is 10.3. The average Bonchev–Trinajstić information content (AvgIpc) is 2.88. The maximum Gasteiger partial charge on any atom is 0.348 e. The van der Waals surface area contributed by atoms with E-state index >= 15 is 0 Å². The largest absolute Gasteiger partial charge is 0.477 e. The first kappa shape index (κ1) is 10.1. The molecule has 1 N–H and O–H groups in total. The third-order valence-electron chi connectivity index (χ3n) is 2.36. The highest BCUT2D eigenvalue weighted by Gasteiger charge is 2.26. The third-order valence-corrected chi connectivity index (χ3v) is 3.17. The maximum atomic E-state index is 11.8. The number of aromatic nitrogens is 1. The molecule has 2 rings (SSSR count). The monoisotopic (exact) mass is 226 g/mol. The Bertz CT molecular complexity index is 396. The van der Waals surface area contributed by atoms with Gasteiger partial charge >= 0.3 is 5.97 Å². The number of carboxylic acids is 1. The average molecular weight is 226 g/mol. The van der Waals surface area contributed by atoms with Crippen LogP contribution in [0.5, 0.6) is 0 Å². The van der Waals surface area contributed by atoms with E-state index in [-0.39, 0.29) is 16.5 Å². The number of rotatable bonds is 2. The van der Waals surface area contributed by atoms with Crippen LogP contribution in [-0.4, -0.2) is 40.0 Å². The van der Waals surface area contributed by atoms with E-state index in [0.29, 0.717) is 13.1 Å². The van der Waals surface area contributed by atoms with E-state index in [9.17, 15) is 9.59 Å². The van der Waals surface area contributed by atoms with Crippen molar-refractivity contribution in [2.75, 3.05) is 13.1 Å². The topological polar surface area (TPSA) is 70.5 Å². The van der Waals surface area contributed by atoms with Gasteiger partial charge in [-0.3, -0.25) is 4.79 Å². The zero-order valence-electron chi connectivity index (χ0n) is 7.97. The van der Waals surface area contributed by atoms with Crippen LogP contribution in [0.15, 0.2) is 5.51 Å². The summed E-state index contributed by atoms with van der Waals surface area (Å²) in [5.74, 6) is -1.34. The van der Waals surface area contributed by atoms with Crippen LogP contribution < -0.4 is 0 Å². The van der Waals surface area contributed by atoms with Gasteiger partial charge in [-0.2, -0.15) is 0 Å². The van der Waals surface area contributed by atoms with E-state index in [1.54, 1.807) is 4.90 Å². The van der Waals surface area contributed by atoms with Gasteiger partial charge in [-0.05, 0) is 12.8 Å². The zero-order valence-corrected chi connectivity index (χ0v) is 8.79. The van der Waals surface area contributed by atoms with E-state index in [1.165, 1.54) is 5.51 Å². The minimum Gasteiger partial charge on any atom is -0.477 e. The van der Waals surface area contributed by atoms with E-state index in [4.69, 9.17) is 5.11 Å². The molecule has 0 aliphatic carbocycles. The van der Waals surface area contributed by atoms with Gasteiger partial charge in [0.05, 0.1) is 5.51 Å². The van der Waals surface area contributed by atoms with Gasteiger partial charge in [-0.25, -0.2) is 9.78 Å². The van der Waals surface area contributed by atoms with E-state index in [1.807, 2.05) is 0 Å². The minimum atomic E-state index is -1.08. The van der Waals surface area contributed by atoms with Crippen LogP contribution in [0.25, 0.3) is 0 Å². The predicted molar refractivity (Wildman–Crippen MR) is 54.2 cm³/mol. The molecule has 0 unspecified atom stereocenters. The predicted octanol–water partition coefficient (Wildman–Crippen LogP) is 1.08. The van der Waals surface area contributed by atoms with Crippen molar-refractivity contribution in [2.45, 2.75) is 12.8 Å². The van der Waals surface area contributed by atoms with Crippen molar-refractivity contribution < 1.29 is 14.7 Å². The lowest BCUT2D eigenvalue weighted by Gasteiger charge is -2.13. The molecule has 0 aromatic carbocycles. The highest BCUT2D eigenvalue weighted by molar-refractivity contribution is 7.12. The standard InChI is InChI=1S/C9H10N2O3S/c12-8(11-3-1-2-4-11)6-7(9(13)14)15-5-10-6/h5H,1-4H2,(H,13,14). The molecule has 0 radical (unpaired) electrons. The van der Waals surface area contributed by atoms with Crippen LogP contribution in [0.4, 0.5) is 0 Å². The lowest BCUT2D eigenvalue weighted by Crippen LogP contribution is -2.29. The summed E-state index contributed by atoms with van der Waals surface area (Å²) < 4.78 is 0. The van der Waals surface area contributed by atoms with Crippen LogP contribution in [0.3, 0.4) is 0 Å². The molecule has 0 atom stereocenters. The smallest absolute Gasteiger partial charge is 0.348 e. The fraction of sp³-hybridized carbons (Fsp3) is 0.444. The SMILES string of the molecule is O=C(O)c1scnc1C(=O)N1CCCC1. The Labute approximate surface area is 90.4 Å². The Kier molecular flexibility index (Phi) is 2.68. The molecular formula is C9H10N2O3S. The minimum absolute atomic E-state index is 0.0342. The molecule has 0 spiro atoms. The van der Waals surface area contributed by atoms with Crippen LogP contribution in [-0.2, 0) is 0 Å². The molecule has 6 heteroatoms. The molecule has 5 nitrogen and oxygen atoms in total. The highest BCUT2D eigenvalue weighted by Crippen LogP contribution is 2.18. The number of carbonyl (C=O) groups excluding carboxylic acids is 1. The van der Waals surface area contributed by atoms with Crippen molar-refractivity contribution in [1.82, 2.24) is 9.88 Å². The summed E-state index contributed by atoms with van der Waals surface area (Å²) in [6, 6.07) is 0. The van der Waals surface area contributed by atoms with Crippen molar-refractivity contribution in [1.29, 1.82) is 0 Å². The summed E-state index contributed by atoms with van der Waals surface area (Å²) in [6.07, 6.45) is 1.97. The molecule has 1 saturated heterocycles. The summed E-state index contributed by atoms with van der Waals surface area (Å²) in [6.45, 7) is 1.41. The summed E-state index contributed by atoms with van der Waals surface area (Å²) in [4.78, 5) is 28.2. The molecular weight excluding hydrogens is 216 g/mol. The molecule has 1 aliphatic heterocycles. The zero-order chi connectivity index (χ0) is 10.8. The molecule has 1 aromatic heterocycles. The lowest BCUT2D eigenvalue weighted by molar-refractivity contribution is 0.0685. The van der Waals surface area contributed by atoms with Crippen molar-refractivity contribution in [3.63, 3.8) is 0 Å². The molecule has 1 amide bonds. The molecule has 80 valence electrons. The molecule has 0 saturated carbocycles. The van der Waals surface area contributed by atoms with Gasteiger partial charge in [0.15, 0.2) is 5.69 Å². The number of likely N-dealkylation sites (tertiary alicyclic amines) is 1. The van der Waals surface area contributed by atoms with E-state index in [2.05, 4.69) is 4.98 Å². The second-order valence-corrected chi connectivity index (χ2v) is 4.19. The molecule has 15 heavy (non-hydrogen) atoms. The molecule has 0 bridgehead atoms. The second-order valence-electron chi connectivity index (χ2n) is 3.33. The fourth-order valence-electron chi connectivity index (χ4n) is 1.62. The highest BCUT2D eigenvalue weighted by atomic mass is 32.1. The Morgan fingerprint density at radius 2 is 2.07 bits per heavy atom.